The van der Waals surface area contributed by atoms with Crippen molar-refractivity contribution < 1.29 is 27.2 Å². The molecule has 1 rings (SSSR count). The largest absolute Gasteiger partial charge is 0.499 e. The molecule has 90 valence electrons. The van der Waals surface area contributed by atoms with Crippen LogP contribution in [0.3, 0.4) is 0 Å². The Morgan fingerprint density at radius 2 is 1.69 bits per heavy atom. The number of hydrogen-bond acceptors (Lipinski definition) is 3. The molecule has 1 aromatic carbocycles. The Balaban J connectivity index is 2.80. The van der Waals surface area contributed by atoms with Crippen molar-refractivity contribution in [2.24, 2.45) is 0 Å². The van der Waals surface area contributed by atoms with Gasteiger partial charge < -0.3 is 14.0 Å². The van der Waals surface area contributed by atoms with Crippen LogP contribution >= 0.6 is 0 Å². The second-order valence-electron chi connectivity index (χ2n) is 3.32. The molecule has 0 atom stereocenters. The van der Waals surface area contributed by atoms with Crippen LogP contribution in [-0.2, 0) is 16.6 Å². The summed E-state index contributed by atoms with van der Waals surface area (Å²) in [6, 6.07) is 4.04. The van der Waals surface area contributed by atoms with Gasteiger partial charge in [-0.15, -0.1) is 0 Å². The molecular formula is C9H11F3O3Si. The van der Waals surface area contributed by atoms with Gasteiger partial charge in [0.25, 0.3) is 0 Å². The highest BCUT2D eigenvalue weighted by Crippen LogP contribution is 2.29. The van der Waals surface area contributed by atoms with E-state index in [2.05, 4.69) is 4.43 Å². The molecule has 0 aliphatic heterocycles. The molecule has 0 saturated heterocycles. The molecule has 0 radical (unpaired) electrons. The third kappa shape index (κ3) is 3.60. The van der Waals surface area contributed by atoms with Crippen molar-refractivity contribution in [1.29, 1.82) is 0 Å². The van der Waals surface area contributed by atoms with Crippen molar-refractivity contribution in [3.05, 3.63) is 35.4 Å². The van der Waals surface area contributed by atoms with Gasteiger partial charge in [0, 0.05) is 13.2 Å². The average molecular weight is 252 g/mol. The van der Waals surface area contributed by atoms with Gasteiger partial charge in [-0.25, -0.2) is 0 Å². The minimum Gasteiger partial charge on any atom is -0.390 e. The molecule has 0 bridgehead atoms. The molecule has 0 fully saturated rings. The number of benzene rings is 1. The van der Waals surface area contributed by atoms with Crippen LogP contribution in [0.25, 0.3) is 0 Å². The smallest absolute Gasteiger partial charge is 0.390 e. The summed E-state index contributed by atoms with van der Waals surface area (Å²) >= 11 is 0. The average Bonchev–Trinajstić information content (AvgIpc) is 2.16. The summed E-state index contributed by atoms with van der Waals surface area (Å²) < 4.78 is 41.1. The van der Waals surface area contributed by atoms with Gasteiger partial charge in [-0.1, -0.05) is 12.1 Å². The van der Waals surface area contributed by atoms with Crippen molar-refractivity contribution >= 4 is 8.80 Å². The highest BCUT2D eigenvalue weighted by molar-refractivity contribution is 6.57. The topological polar surface area (TPSA) is 49.7 Å². The highest BCUT2D eigenvalue weighted by atomic mass is 28.4. The molecule has 0 spiro atoms. The van der Waals surface area contributed by atoms with E-state index in [1.165, 1.54) is 12.1 Å². The van der Waals surface area contributed by atoms with Gasteiger partial charge in [-0.3, -0.25) is 0 Å². The van der Waals surface area contributed by atoms with Crippen LogP contribution < -0.4 is 0 Å². The SMILES string of the molecule is CO[Si](O)(O)Cc1ccc(C(F)(F)F)cc1. The summed E-state index contributed by atoms with van der Waals surface area (Å²) in [7, 11) is -2.61. The Kier molecular flexibility index (Phi) is 3.74. The summed E-state index contributed by atoms with van der Waals surface area (Å²) in [4.78, 5) is 18.5. The fourth-order valence-corrected chi connectivity index (χ4v) is 2.06. The first kappa shape index (κ1) is 13.2. The molecule has 0 aliphatic carbocycles. The molecule has 0 aromatic heterocycles. The molecular weight excluding hydrogens is 241 g/mol. The molecule has 0 saturated carbocycles. The molecule has 0 heterocycles. The number of hydrogen-bond donors (Lipinski definition) is 2. The maximum absolute atomic E-state index is 12.2. The molecule has 16 heavy (non-hydrogen) atoms. The minimum absolute atomic E-state index is 0.165. The zero-order chi connectivity index (χ0) is 12.4. The third-order valence-corrected chi connectivity index (χ3v) is 3.57. The van der Waals surface area contributed by atoms with Crippen molar-refractivity contribution in [2.75, 3.05) is 7.11 Å². The monoisotopic (exact) mass is 252 g/mol. The van der Waals surface area contributed by atoms with Crippen LogP contribution in [0.1, 0.15) is 11.1 Å². The van der Waals surface area contributed by atoms with E-state index in [4.69, 9.17) is 0 Å². The van der Waals surface area contributed by atoms with E-state index in [-0.39, 0.29) is 6.04 Å². The molecule has 3 nitrogen and oxygen atoms in total. The molecule has 7 heteroatoms. The summed E-state index contributed by atoms with van der Waals surface area (Å²) in [5.41, 5.74) is -0.372. The summed E-state index contributed by atoms with van der Waals surface area (Å²) in [6.07, 6.45) is -4.38. The zero-order valence-electron chi connectivity index (χ0n) is 8.45. The van der Waals surface area contributed by atoms with E-state index >= 15 is 0 Å². The molecule has 1 aromatic rings. The molecule has 0 amide bonds. The lowest BCUT2D eigenvalue weighted by atomic mass is 10.1. The first-order valence-corrected chi connectivity index (χ1v) is 6.41. The third-order valence-electron chi connectivity index (χ3n) is 2.04. The summed E-state index contributed by atoms with van der Waals surface area (Å²) in [5, 5.41) is 0. The second kappa shape index (κ2) is 4.54. The first-order chi connectivity index (χ1) is 7.24. The van der Waals surface area contributed by atoms with Gasteiger partial charge in [0.2, 0.25) is 0 Å². The Bertz CT molecular complexity index is 348. The van der Waals surface area contributed by atoms with E-state index in [1.54, 1.807) is 0 Å². The lowest BCUT2D eigenvalue weighted by Gasteiger charge is -2.15. The maximum Gasteiger partial charge on any atom is 0.499 e. The number of alkyl halides is 3. The Labute approximate surface area is 91.5 Å². The quantitative estimate of drug-likeness (QED) is 0.798. The zero-order valence-corrected chi connectivity index (χ0v) is 9.45. The summed E-state index contributed by atoms with van der Waals surface area (Å²) in [6.45, 7) is 0. The van der Waals surface area contributed by atoms with Gasteiger partial charge in [0.1, 0.15) is 0 Å². The maximum atomic E-state index is 12.2. The van der Waals surface area contributed by atoms with E-state index in [0.717, 1.165) is 19.2 Å². The van der Waals surface area contributed by atoms with Gasteiger partial charge in [-0.2, -0.15) is 13.2 Å². The first-order valence-electron chi connectivity index (χ1n) is 4.41. The Morgan fingerprint density at radius 3 is 2.06 bits per heavy atom. The van der Waals surface area contributed by atoms with E-state index < -0.39 is 20.5 Å². The van der Waals surface area contributed by atoms with Crippen LogP contribution in [0.5, 0.6) is 0 Å². The van der Waals surface area contributed by atoms with Crippen molar-refractivity contribution in [3.8, 4) is 0 Å². The number of halogens is 3. The van der Waals surface area contributed by atoms with Gasteiger partial charge in [0.05, 0.1) is 5.56 Å². The van der Waals surface area contributed by atoms with Gasteiger partial charge in [-0.05, 0) is 17.7 Å². The van der Waals surface area contributed by atoms with Crippen molar-refractivity contribution in [1.82, 2.24) is 0 Å². The lowest BCUT2D eigenvalue weighted by molar-refractivity contribution is -0.137. The van der Waals surface area contributed by atoms with Crippen LogP contribution in [0, 0.1) is 0 Å². The predicted molar refractivity (Wildman–Crippen MR) is 52.3 cm³/mol. The lowest BCUT2D eigenvalue weighted by Crippen LogP contribution is -2.40. The second-order valence-corrected chi connectivity index (χ2v) is 5.57. The predicted octanol–water partition coefficient (Wildman–Crippen LogP) is 1.36. The van der Waals surface area contributed by atoms with Crippen LogP contribution in [0.15, 0.2) is 24.3 Å². The van der Waals surface area contributed by atoms with Gasteiger partial charge >= 0.3 is 15.0 Å². The van der Waals surface area contributed by atoms with E-state index in [9.17, 15) is 22.8 Å². The Morgan fingerprint density at radius 1 is 1.19 bits per heavy atom. The van der Waals surface area contributed by atoms with E-state index in [0.29, 0.717) is 5.56 Å². The standard InChI is InChI=1S/C9H11F3O3Si/c1-15-16(13,14)6-7-2-4-8(5-3-7)9(10,11)12/h2-5,13-14H,6H2,1H3. The fraction of sp³-hybridized carbons (Fsp3) is 0.333. The van der Waals surface area contributed by atoms with Crippen molar-refractivity contribution in [3.63, 3.8) is 0 Å². The normalized spacial score (nSPS) is 12.9. The highest BCUT2D eigenvalue weighted by Gasteiger charge is 2.33. The van der Waals surface area contributed by atoms with Crippen LogP contribution in [-0.4, -0.2) is 25.5 Å². The Hall–Kier alpha value is -0.893. The molecule has 0 aliphatic rings. The molecule has 2 N–H and O–H groups in total. The number of rotatable bonds is 3. The van der Waals surface area contributed by atoms with Crippen LogP contribution in [0.4, 0.5) is 13.2 Å². The van der Waals surface area contributed by atoms with Gasteiger partial charge in [0.15, 0.2) is 0 Å². The van der Waals surface area contributed by atoms with Crippen LogP contribution in [0.2, 0.25) is 0 Å². The van der Waals surface area contributed by atoms with E-state index in [1.807, 2.05) is 0 Å². The fourth-order valence-electron chi connectivity index (χ4n) is 1.15. The molecule has 0 unspecified atom stereocenters. The van der Waals surface area contributed by atoms with Crippen molar-refractivity contribution in [2.45, 2.75) is 12.2 Å². The summed E-state index contributed by atoms with van der Waals surface area (Å²) in [5.74, 6) is 0. The minimum atomic E-state index is -4.38.